The third kappa shape index (κ3) is 2.87. The Labute approximate surface area is 155 Å². The van der Waals surface area contributed by atoms with Crippen molar-refractivity contribution in [3.05, 3.63) is 54.1 Å². The van der Waals surface area contributed by atoms with Gasteiger partial charge in [-0.15, -0.1) is 0 Å². The Morgan fingerprint density at radius 2 is 1.67 bits per heavy atom. The smallest absolute Gasteiger partial charge is 0.339 e. The molecule has 4 atom stereocenters. The van der Waals surface area contributed by atoms with E-state index in [1.54, 1.807) is 12.1 Å². The van der Waals surface area contributed by atoms with Crippen LogP contribution >= 0.6 is 0 Å². The Balaban J connectivity index is 1.70. The number of carbonyl (C=O) groups excluding carboxylic acids is 2. The molecule has 138 valence electrons. The predicted octanol–water partition coefficient (Wildman–Crippen LogP) is 3.09. The van der Waals surface area contributed by atoms with E-state index in [1.807, 2.05) is 36.4 Å². The molecule has 0 radical (unpaired) electrons. The first kappa shape index (κ1) is 17.3. The summed E-state index contributed by atoms with van der Waals surface area (Å²) in [5.41, 5.74) is 0.580. The van der Waals surface area contributed by atoms with Crippen molar-refractivity contribution in [3.63, 3.8) is 0 Å². The number of rotatable bonds is 4. The summed E-state index contributed by atoms with van der Waals surface area (Å²) in [7, 11) is 1.28. The summed E-state index contributed by atoms with van der Waals surface area (Å²) in [6, 6.07) is 10.9. The lowest BCUT2D eigenvalue weighted by atomic mass is 9.82. The highest BCUT2D eigenvalue weighted by atomic mass is 16.5. The van der Waals surface area contributed by atoms with Crippen LogP contribution in [0.3, 0.4) is 0 Å². The van der Waals surface area contributed by atoms with Gasteiger partial charge in [-0.3, -0.25) is 9.59 Å². The molecule has 0 heterocycles. The van der Waals surface area contributed by atoms with Crippen LogP contribution in [0.4, 0.5) is 5.69 Å². The Bertz CT molecular complexity index is 980. The molecular weight excluding hydrogens is 346 g/mol. The number of anilines is 1. The average molecular weight is 365 g/mol. The number of ether oxygens (including phenoxy) is 1. The van der Waals surface area contributed by atoms with Gasteiger partial charge in [0.25, 0.3) is 0 Å². The monoisotopic (exact) mass is 365 g/mol. The van der Waals surface area contributed by atoms with E-state index >= 15 is 0 Å². The summed E-state index contributed by atoms with van der Waals surface area (Å²) in [6.45, 7) is 0. The molecule has 1 amide bonds. The van der Waals surface area contributed by atoms with Crippen molar-refractivity contribution in [2.75, 3.05) is 12.4 Å². The molecule has 4 rings (SSSR count). The first-order valence-electron chi connectivity index (χ1n) is 8.82. The summed E-state index contributed by atoms with van der Waals surface area (Å²) < 4.78 is 4.85. The summed E-state index contributed by atoms with van der Waals surface area (Å²) in [6.07, 6.45) is 4.50. The number of carboxylic acids is 1. The van der Waals surface area contributed by atoms with Gasteiger partial charge in [-0.25, -0.2) is 4.79 Å². The largest absolute Gasteiger partial charge is 0.481 e. The maximum atomic E-state index is 13.0. The van der Waals surface area contributed by atoms with Crippen molar-refractivity contribution >= 4 is 34.3 Å². The first-order valence-corrected chi connectivity index (χ1v) is 8.82. The van der Waals surface area contributed by atoms with Crippen LogP contribution in [0.25, 0.3) is 10.8 Å². The van der Waals surface area contributed by atoms with E-state index in [-0.39, 0.29) is 23.3 Å². The zero-order chi connectivity index (χ0) is 19.1. The fourth-order valence-electron chi connectivity index (χ4n) is 4.35. The van der Waals surface area contributed by atoms with Gasteiger partial charge in [0.05, 0.1) is 30.2 Å². The molecule has 2 aliphatic rings. The van der Waals surface area contributed by atoms with Crippen LogP contribution in [-0.2, 0) is 14.3 Å². The molecular formula is C21H19NO5. The molecule has 1 fully saturated rings. The summed E-state index contributed by atoms with van der Waals surface area (Å²) in [4.78, 5) is 36.8. The Morgan fingerprint density at radius 1 is 1.04 bits per heavy atom. The summed E-state index contributed by atoms with van der Waals surface area (Å²) >= 11 is 0. The van der Waals surface area contributed by atoms with Crippen molar-refractivity contribution < 1.29 is 24.2 Å². The highest BCUT2D eigenvalue weighted by Gasteiger charge is 2.51. The Morgan fingerprint density at radius 3 is 2.30 bits per heavy atom. The zero-order valence-electron chi connectivity index (χ0n) is 14.7. The number of aliphatic carboxylic acids is 1. The molecule has 27 heavy (non-hydrogen) atoms. The molecule has 2 bridgehead atoms. The van der Waals surface area contributed by atoms with Gasteiger partial charge in [0.1, 0.15) is 0 Å². The Kier molecular flexibility index (Phi) is 4.18. The molecule has 0 aromatic heterocycles. The number of allylic oxidation sites excluding steroid dienone is 2. The summed E-state index contributed by atoms with van der Waals surface area (Å²) in [5.74, 6) is -3.47. The standard InChI is InChI=1S/C21H19NO5/c1-27-21(26)15-9-11-4-2-3-5-12(11)10-16(15)22-19(23)17-13-6-7-14(8-13)18(17)20(24)25/h2-7,9-10,13-14,17-18H,8H2,1H3,(H,22,23)(H,24,25). The van der Waals surface area contributed by atoms with Gasteiger partial charge in [-0.05, 0) is 41.2 Å². The van der Waals surface area contributed by atoms with Gasteiger partial charge >= 0.3 is 11.9 Å². The quantitative estimate of drug-likeness (QED) is 0.642. The number of carboxylic acid groups (broad SMARTS) is 1. The van der Waals surface area contributed by atoms with Crippen LogP contribution in [0, 0.1) is 23.7 Å². The van der Waals surface area contributed by atoms with E-state index in [0.717, 1.165) is 10.8 Å². The minimum absolute atomic E-state index is 0.0851. The molecule has 6 nitrogen and oxygen atoms in total. The normalized spacial score (nSPS) is 25.5. The van der Waals surface area contributed by atoms with E-state index in [0.29, 0.717) is 12.1 Å². The predicted molar refractivity (Wildman–Crippen MR) is 99.3 cm³/mol. The third-order valence-electron chi connectivity index (χ3n) is 5.60. The van der Waals surface area contributed by atoms with Gasteiger partial charge in [0, 0.05) is 0 Å². The number of methoxy groups -OCH3 is 1. The number of amides is 1. The van der Waals surface area contributed by atoms with E-state index in [9.17, 15) is 19.5 Å². The zero-order valence-corrected chi connectivity index (χ0v) is 14.7. The SMILES string of the molecule is COC(=O)c1cc2ccccc2cc1NC(=O)C1C2C=CC(C2)C1C(=O)O. The topological polar surface area (TPSA) is 92.7 Å². The molecule has 1 saturated carbocycles. The van der Waals surface area contributed by atoms with Crippen LogP contribution in [0.2, 0.25) is 0 Å². The molecule has 4 unspecified atom stereocenters. The van der Waals surface area contributed by atoms with Gasteiger partial charge in [0.15, 0.2) is 0 Å². The Hall–Kier alpha value is -3.15. The molecule has 6 heteroatoms. The molecule has 2 aromatic carbocycles. The molecule has 2 N–H and O–H groups in total. The highest BCUT2D eigenvalue weighted by molar-refractivity contribution is 6.06. The average Bonchev–Trinajstić information content (AvgIpc) is 3.28. The third-order valence-corrected chi connectivity index (χ3v) is 5.60. The molecule has 2 aromatic rings. The number of hydrogen-bond donors (Lipinski definition) is 2. The van der Waals surface area contributed by atoms with Gasteiger partial charge in [0.2, 0.25) is 5.91 Å². The molecule has 0 spiro atoms. The molecule has 0 saturated heterocycles. The fourth-order valence-corrected chi connectivity index (χ4v) is 4.35. The van der Waals surface area contributed by atoms with Gasteiger partial charge < -0.3 is 15.2 Å². The second kappa shape index (κ2) is 6.54. The number of nitrogens with one attached hydrogen (secondary N) is 1. The minimum Gasteiger partial charge on any atom is -0.481 e. The van der Waals surface area contributed by atoms with Crippen molar-refractivity contribution in [1.82, 2.24) is 0 Å². The second-order valence-electron chi connectivity index (χ2n) is 7.06. The number of hydrogen-bond acceptors (Lipinski definition) is 4. The number of esters is 1. The lowest BCUT2D eigenvalue weighted by Crippen LogP contribution is -2.36. The van der Waals surface area contributed by atoms with Gasteiger partial charge in [-0.2, -0.15) is 0 Å². The lowest BCUT2D eigenvalue weighted by molar-refractivity contribution is -0.146. The molecule has 2 aliphatic carbocycles. The maximum Gasteiger partial charge on any atom is 0.339 e. The van der Waals surface area contributed by atoms with Crippen LogP contribution in [0.5, 0.6) is 0 Å². The molecule has 0 aliphatic heterocycles. The van der Waals surface area contributed by atoms with E-state index < -0.39 is 23.8 Å². The lowest BCUT2D eigenvalue weighted by Gasteiger charge is -2.24. The van der Waals surface area contributed by atoms with E-state index in [4.69, 9.17) is 4.74 Å². The fraction of sp³-hybridized carbons (Fsp3) is 0.286. The van der Waals surface area contributed by atoms with Crippen LogP contribution in [-0.4, -0.2) is 30.1 Å². The number of carbonyl (C=O) groups is 3. The van der Waals surface area contributed by atoms with Crippen molar-refractivity contribution in [3.8, 4) is 0 Å². The van der Waals surface area contributed by atoms with Crippen LogP contribution in [0.15, 0.2) is 48.6 Å². The van der Waals surface area contributed by atoms with Crippen LogP contribution < -0.4 is 5.32 Å². The minimum atomic E-state index is -0.960. The maximum absolute atomic E-state index is 13.0. The van der Waals surface area contributed by atoms with E-state index in [2.05, 4.69) is 5.32 Å². The van der Waals surface area contributed by atoms with Crippen molar-refractivity contribution in [1.29, 1.82) is 0 Å². The number of fused-ring (bicyclic) bond motifs is 3. The number of benzene rings is 2. The van der Waals surface area contributed by atoms with Crippen LogP contribution in [0.1, 0.15) is 16.8 Å². The van der Waals surface area contributed by atoms with E-state index in [1.165, 1.54) is 7.11 Å². The van der Waals surface area contributed by atoms with Crippen molar-refractivity contribution in [2.24, 2.45) is 23.7 Å². The first-order chi connectivity index (χ1) is 13.0. The second-order valence-corrected chi connectivity index (χ2v) is 7.06. The van der Waals surface area contributed by atoms with Crippen molar-refractivity contribution in [2.45, 2.75) is 6.42 Å². The highest BCUT2D eigenvalue weighted by Crippen LogP contribution is 2.48. The van der Waals surface area contributed by atoms with Gasteiger partial charge in [-0.1, -0.05) is 36.4 Å². The summed E-state index contributed by atoms with van der Waals surface area (Å²) in [5, 5.41) is 14.1.